The van der Waals surface area contributed by atoms with Crippen LogP contribution in [-0.4, -0.2) is 62.6 Å². The molecule has 2 amide bonds. The molecule has 0 aliphatic carbocycles. The molecule has 0 saturated carbocycles. The highest BCUT2D eigenvalue weighted by Gasteiger charge is 2.40. The Labute approximate surface area is 178 Å². The number of hydrogen-bond acceptors (Lipinski definition) is 7. The van der Waals surface area contributed by atoms with Crippen LogP contribution in [0.2, 0.25) is 0 Å². The largest absolute Gasteiger partial charge is 0.453 e. The number of nitrogens with zero attached hydrogens (tertiary/aromatic N) is 5. The summed E-state index contributed by atoms with van der Waals surface area (Å²) in [4.78, 5) is 34.0. The van der Waals surface area contributed by atoms with E-state index in [9.17, 15) is 9.59 Å². The number of fused-ring (bicyclic) bond motifs is 3. The van der Waals surface area contributed by atoms with Crippen LogP contribution in [0.5, 0.6) is 0 Å². The third-order valence-electron chi connectivity index (χ3n) is 4.72. The number of carbonyl (C=O) groups is 2. The predicted octanol–water partition coefficient (Wildman–Crippen LogP) is 3.28. The molecule has 9 nitrogen and oxygen atoms in total. The summed E-state index contributed by atoms with van der Waals surface area (Å²) in [6.07, 6.45) is 0.140. The van der Waals surface area contributed by atoms with Crippen molar-refractivity contribution in [3.8, 4) is 0 Å². The lowest BCUT2D eigenvalue weighted by Gasteiger charge is -2.35. The molecule has 0 radical (unpaired) electrons. The van der Waals surface area contributed by atoms with Gasteiger partial charge in [0.05, 0.1) is 11.4 Å². The maximum Gasteiger partial charge on any atom is 0.411 e. The molecule has 0 saturated heterocycles. The third-order valence-corrected chi connectivity index (χ3v) is 5.54. The molecular formula is C20H25N5O4S. The van der Waals surface area contributed by atoms with Crippen molar-refractivity contribution in [1.82, 2.24) is 24.4 Å². The molecule has 4 rings (SSSR count). The van der Waals surface area contributed by atoms with E-state index in [1.165, 1.54) is 16.2 Å². The van der Waals surface area contributed by atoms with E-state index in [1.807, 2.05) is 27.7 Å². The monoisotopic (exact) mass is 431 g/mol. The van der Waals surface area contributed by atoms with E-state index in [0.717, 1.165) is 21.4 Å². The number of amides is 2. The SMILES string of the molecule is Cc1nn2c3c(nc2s1)CCN(C(=O)OC(C)(C)C)C3c1ccc(C(=O)N(C)C)o1. The Hall–Kier alpha value is -2.88. The number of ether oxygens (including phenoxy) is 1. The second-order valence-electron chi connectivity index (χ2n) is 8.49. The van der Waals surface area contributed by atoms with Crippen LogP contribution in [0.4, 0.5) is 4.79 Å². The molecule has 1 atom stereocenters. The molecule has 0 spiro atoms. The average molecular weight is 432 g/mol. The van der Waals surface area contributed by atoms with Gasteiger partial charge in [-0.15, -0.1) is 0 Å². The smallest absolute Gasteiger partial charge is 0.411 e. The molecular weight excluding hydrogens is 406 g/mol. The van der Waals surface area contributed by atoms with Crippen molar-refractivity contribution >= 4 is 28.3 Å². The van der Waals surface area contributed by atoms with Gasteiger partial charge in [-0.05, 0) is 39.8 Å². The Morgan fingerprint density at radius 1 is 1.30 bits per heavy atom. The molecule has 4 heterocycles. The lowest BCUT2D eigenvalue weighted by Crippen LogP contribution is -2.43. The highest BCUT2D eigenvalue weighted by atomic mass is 32.1. The quantitative estimate of drug-likeness (QED) is 0.618. The Morgan fingerprint density at radius 2 is 2.03 bits per heavy atom. The normalized spacial score (nSPS) is 16.6. The third kappa shape index (κ3) is 3.55. The summed E-state index contributed by atoms with van der Waals surface area (Å²) >= 11 is 1.49. The van der Waals surface area contributed by atoms with Gasteiger partial charge in [0.2, 0.25) is 4.96 Å². The zero-order valence-electron chi connectivity index (χ0n) is 17.9. The van der Waals surface area contributed by atoms with Gasteiger partial charge in [0.15, 0.2) is 5.76 Å². The van der Waals surface area contributed by atoms with Crippen molar-refractivity contribution in [2.75, 3.05) is 20.6 Å². The van der Waals surface area contributed by atoms with E-state index in [0.29, 0.717) is 18.7 Å². The molecule has 30 heavy (non-hydrogen) atoms. The summed E-state index contributed by atoms with van der Waals surface area (Å²) in [7, 11) is 3.32. The van der Waals surface area contributed by atoms with Crippen molar-refractivity contribution in [2.45, 2.75) is 45.8 Å². The van der Waals surface area contributed by atoms with Crippen LogP contribution < -0.4 is 0 Å². The zero-order valence-corrected chi connectivity index (χ0v) is 18.7. The molecule has 1 aliphatic rings. The predicted molar refractivity (Wildman–Crippen MR) is 111 cm³/mol. The van der Waals surface area contributed by atoms with Gasteiger partial charge < -0.3 is 14.1 Å². The molecule has 10 heteroatoms. The maximum atomic E-state index is 13.1. The Morgan fingerprint density at radius 3 is 2.70 bits per heavy atom. The first-order valence-electron chi connectivity index (χ1n) is 9.71. The van der Waals surface area contributed by atoms with E-state index in [1.54, 1.807) is 35.6 Å². The minimum Gasteiger partial charge on any atom is -0.453 e. The molecule has 1 unspecified atom stereocenters. The summed E-state index contributed by atoms with van der Waals surface area (Å²) in [5.41, 5.74) is 1.00. The van der Waals surface area contributed by atoms with Crippen molar-refractivity contribution in [2.24, 2.45) is 0 Å². The van der Waals surface area contributed by atoms with Crippen molar-refractivity contribution in [3.63, 3.8) is 0 Å². The van der Waals surface area contributed by atoms with E-state index in [-0.39, 0.29) is 11.7 Å². The first kappa shape index (κ1) is 20.4. The van der Waals surface area contributed by atoms with E-state index < -0.39 is 17.7 Å². The van der Waals surface area contributed by atoms with Crippen molar-refractivity contribution < 1.29 is 18.7 Å². The summed E-state index contributed by atoms with van der Waals surface area (Å²) in [6, 6.07) is 2.76. The average Bonchev–Trinajstić information content (AvgIpc) is 3.32. The molecule has 0 N–H and O–H groups in total. The minimum absolute atomic E-state index is 0.210. The number of aromatic nitrogens is 3. The molecule has 3 aromatic heterocycles. The fourth-order valence-electron chi connectivity index (χ4n) is 3.50. The van der Waals surface area contributed by atoms with Crippen LogP contribution >= 0.6 is 11.3 Å². The van der Waals surface area contributed by atoms with Crippen molar-refractivity contribution in [3.05, 3.63) is 40.0 Å². The highest BCUT2D eigenvalue weighted by Crippen LogP contribution is 2.38. The standard InChI is InChI=1S/C20H25N5O4S/c1-11-22-25-15-12(21-18(25)30-11)9-10-24(19(27)29-20(2,3)4)16(15)13-7-8-14(28-13)17(26)23(5)6/h7-8,16H,9-10H2,1-6H3. The number of imidazole rings is 1. The van der Waals surface area contributed by atoms with Gasteiger partial charge in [-0.1, -0.05) is 11.3 Å². The van der Waals surface area contributed by atoms with Crippen LogP contribution in [0.25, 0.3) is 4.96 Å². The molecule has 0 bridgehead atoms. The van der Waals surface area contributed by atoms with Gasteiger partial charge >= 0.3 is 6.09 Å². The fourth-order valence-corrected chi connectivity index (χ4v) is 4.27. The van der Waals surface area contributed by atoms with Gasteiger partial charge in [0, 0.05) is 27.1 Å². The first-order chi connectivity index (χ1) is 14.0. The Balaban J connectivity index is 1.83. The van der Waals surface area contributed by atoms with Crippen LogP contribution in [0.3, 0.4) is 0 Å². The van der Waals surface area contributed by atoms with Crippen LogP contribution in [0.1, 0.15) is 59.5 Å². The second-order valence-corrected chi connectivity index (χ2v) is 9.65. The molecule has 160 valence electrons. The van der Waals surface area contributed by atoms with E-state index >= 15 is 0 Å². The van der Waals surface area contributed by atoms with Crippen LogP contribution in [0.15, 0.2) is 16.5 Å². The Bertz CT molecular complexity index is 1120. The van der Waals surface area contributed by atoms with Gasteiger partial charge in [0.25, 0.3) is 5.91 Å². The zero-order chi connectivity index (χ0) is 21.8. The molecule has 0 aromatic carbocycles. The number of furan rings is 1. The maximum absolute atomic E-state index is 13.1. The number of carbonyl (C=O) groups excluding carboxylic acids is 2. The summed E-state index contributed by atoms with van der Waals surface area (Å²) < 4.78 is 13.4. The first-order valence-corrected chi connectivity index (χ1v) is 10.5. The summed E-state index contributed by atoms with van der Waals surface area (Å²) in [6.45, 7) is 7.83. The summed E-state index contributed by atoms with van der Waals surface area (Å²) in [5, 5.41) is 5.45. The minimum atomic E-state index is -0.638. The number of hydrogen-bond donors (Lipinski definition) is 0. The second kappa shape index (κ2) is 7.12. The highest BCUT2D eigenvalue weighted by molar-refractivity contribution is 7.16. The van der Waals surface area contributed by atoms with Crippen LogP contribution in [-0.2, 0) is 11.2 Å². The van der Waals surface area contributed by atoms with Gasteiger partial charge in [-0.25, -0.2) is 14.3 Å². The van der Waals surface area contributed by atoms with E-state index in [4.69, 9.17) is 14.1 Å². The molecule has 0 fully saturated rings. The topological polar surface area (TPSA) is 93.2 Å². The molecule has 3 aromatic rings. The number of rotatable bonds is 2. The lowest BCUT2D eigenvalue weighted by atomic mass is 10.0. The van der Waals surface area contributed by atoms with Crippen molar-refractivity contribution in [1.29, 1.82) is 0 Å². The number of aryl methyl sites for hydroxylation is 1. The van der Waals surface area contributed by atoms with Gasteiger partial charge in [0.1, 0.15) is 22.4 Å². The Kier molecular flexibility index (Phi) is 4.84. The van der Waals surface area contributed by atoms with Crippen LogP contribution in [0, 0.1) is 6.92 Å². The van der Waals surface area contributed by atoms with E-state index in [2.05, 4.69) is 5.10 Å². The summed E-state index contributed by atoms with van der Waals surface area (Å²) in [5.74, 6) is 0.435. The van der Waals surface area contributed by atoms with Gasteiger partial charge in [-0.2, -0.15) is 5.10 Å². The lowest BCUT2D eigenvalue weighted by molar-refractivity contribution is 0.0152. The fraction of sp³-hybridized carbons (Fsp3) is 0.500. The van der Waals surface area contributed by atoms with Gasteiger partial charge in [-0.3, -0.25) is 9.69 Å². The molecule has 1 aliphatic heterocycles.